The van der Waals surface area contributed by atoms with Crippen molar-refractivity contribution in [3.8, 4) is 11.1 Å². The molecule has 0 aliphatic heterocycles. The minimum Gasteiger partial charge on any atom is -0.398 e. The van der Waals surface area contributed by atoms with Crippen LogP contribution < -0.4 is 5.73 Å². The highest BCUT2D eigenvalue weighted by Gasteiger charge is 2.21. The molecule has 0 saturated heterocycles. The summed E-state index contributed by atoms with van der Waals surface area (Å²) < 4.78 is 27.2. The Kier molecular flexibility index (Phi) is 3.50. The number of anilines is 1. The van der Waals surface area contributed by atoms with Gasteiger partial charge in [-0.3, -0.25) is 0 Å². The van der Waals surface area contributed by atoms with Crippen LogP contribution in [-0.4, -0.2) is 27.6 Å². The summed E-state index contributed by atoms with van der Waals surface area (Å²) in [7, 11) is -3.84. The van der Waals surface area contributed by atoms with E-state index in [1.165, 1.54) is 6.20 Å². The molecule has 3 aromatic heterocycles. The van der Waals surface area contributed by atoms with Gasteiger partial charge in [-0.05, 0) is 47.5 Å². The first-order valence-electron chi connectivity index (χ1n) is 8.56. The standard InChI is InChI=1S/C20H15N5O2S/c21-18-10-13(15-6-8-22-20-16(15)7-9-23-20)11-19-17(18)12-24-25(19)28(26,27)14-4-2-1-3-5-14/h1-12H,21H2,(H,22,23). The van der Waals surface area contributed by atoms with Gasteiger partial charge in [0.05, 0.1) is 16.6 Å². The zero-order chi connectivity index (χ0) is 19.3. The largest absolute Gasteiger partial charge is 0.398 e. The molecule has 28 heavy (non-hydrogen) atoms. The smallest absolute Gasteiger partial charge is 0.283 e. The predicted octanol–water partition coefficient (Wildman–Crippen LogP) is 3.40. The third-order valence-electron chi connectivity index (χ3n) is 4.73. The van der Waals surface area contributed by atoms with Gasteiger partial charge in [0.15, 0.2) is 0 Å². The van der Waals surface area contributed by atoms with Gasteiger partial charge in [-0.1, -0.05) is 18.2 Å². The minimum atomic E-state index is -3.84. The molecule has 0 radical (unpaired) electrons. The van der Waals surface area contributed by atoms with E-state index in [2.05, 4.69) is 15.1 Å². The molecule has 138 valence electrons. The molecule has 5 rings (SSSR count). The molecule has 0 amide bonds. The summed E-state index contributed by atoms with van der Waals surface area (Å²) in [6.07, 6.45) is 4.99. The maximum absolute atomic E-state index is 13.1. The highest BCUT2D eigenvalue weighted by atomic mass is 32.2. The number of hydrogen-bond acceptors (Lipinski definition) is 5. The van der Waals surface area contributed by atoms with Gasteiger partial charge in [0, 0.05) is 28.9 Å². The molecule has 0 saturated carbocycles. The van der Waals surface area contributed by atoms with Crippen LogP contribution in [0.2, 0.25) is 0 Å². The summed E-state index contributed by atoms with van der Waals surface area (Å²) in [5.74, 6) is 0. The summed E-state index contributed by atoms with van der Waals surface area (Å²) in [5.41, 5.74) is 9.58. The molecule has 0 aliphatic rings. The van der Waals surface area contributed by atoms with Gasteiger partial charge in [-0.25, -0.2) is 4.98 Å². The van der Waals surface area contributed by atoms with Gasteiger partial charge >= 0.3 is 0 Å². The van der Waals surface area contributed by atoms with Crippen LogP contribution in [-0.2, 0) is 10.0 Å². The van der Waals surface area contributed by atoms with Gasteiger partial charge in [0.1, 0.15) is 5.65 Å². The fourth-order valence-electron chi connectivity index (χ4n) is 3.38. The lowest BCUT2D eigenvalue weighted by molar-refractivity contribution is 0.582. The van der Waals surface area contributed by atoms with E-state index >= 15 is 0 Å². The van der Waals surface area contributed by atoms with Gasteiger partial charge < -0.3 is 10.7 Å². The number of aromatic amines is 1. The molecule has 0 fully saturated rings. The van der Waals surface area contributed by atoms with E-state index in [0.29, 0.717) is 16.6 Å². The number of aromatic nitrogens is 4. The molecule has 0 atom stereocenters. The van der Waals surface area contributed by atoms with Gasteiger partial charge in [-0.2, -0.15) is 17.6 Å². The van der Waals surface area contributed by atoms with Crippen LogP contribution >= 0.6 is 0 Å². The molecular weight excluding hydrogens is 374 g/mol. The van der Waals surface area contributed by atoms with E-state index in [1.807, 2.05) is 24.4 Å². The Morgan fingerprint density at radius 2 is 1.82 bits per heavy atom. The molecule has 8 heteroatoms. The summed E-state index contributed by atoms with van der Waals surface area (Å²) in [6.45, 7) is 0. The third-order valence-corrected chi connectivity index (χ3v) is 6.34. The third kappa shape index (κ3) is 2.39. The predicted molar refractivity (Wildman–Crippen MR) is 108 cm³/mol. The van der Waals surface area contributed by atoms with Crippen molar-refractivity contribution in [1.82, 2.24) is 19.2 Å². The zero-order valence-electron chi connectivity index (χ0n) is 14.6. The summed E-state index contributed by atoms with van der Waals surface area (Å²) in [6, 6.07) is 15.6. The van der Waals surface area contributed by atoms with Crippen molar-refractivity contribution in [1.29, 1.82) is 0 Å². The molecule has 0 unspecified atom stereocenters. The molecule has 2 aromatic carbocycles. The van der Waals surface area contributed by atoms with E-state index in [9.17, 15) is 8.42 Å². The highest BCUT2D eigenvalue weighted by molar-refractivity contribution is 7.90. The molecular formula is C20H15N5O2S. The SMILES string of the molecule is Nc1cc(-c2ccnc3[nH]ccc23)cc2c1cnn2S(=O)(=O)c1ccccc1. The lowest BCUT2D eigenvalue weighted by atomic mass is 10.0. The Morgan fingerprint density at radius 3 is 2.64 bits per heavy atom. The number of nitrogens with one attached hydrogen (secondary N) is 1. The van der Waals surface area contributed by atoms with Crippen LogP contribution in [0.25, 0.3) is 33.1 Å². The van der Waals surface area contributed by atoms with Crippen LogP contribution in [0, 0.1) is 0 Å². The lowest BCUT2D eigenvalue weighted by Gasteiger charge is -2.09. The van der Waals surface area contributed by atoms with Crippen molar-refractivity contribution in [3.05, 3.63) is 73.2 Å². The maximum Gasteiger partial charge on any atom is 0.283 e. The maximum atomic E-state index is 13.1. The number of H-pyrrole nitrogens is 1. The first-order chi connectivity index (χ1) is 13.6. The Balaban J connectivity index is 1.78. The molecule has 0 bridgehead atoms. The van der Waals surface area contributed by atoms with E-state index in [1.54, 1.807) is 42.6 Å². The average molecular weight is 389 g/mol. The van der Waals surface area contributed by atoms with Crippen LogP contribution in [0.3, 0.4) is 0 Å². The topological polar surface area (TPSA) is 107 Å². The fraction of sp³-hybridized carbons (Fsp3) is 0. The zero-order valence-corrected chi connectivity index (χ0v) is 15.4. The molecule has 7 nitrogen and oxygen atoms in total. The van der Waals surface area contributed by atoms with Gasteiger partial charge in [-0.15, -0.1) is 0 Å². The number of nitrogens with zero attached hydrogens (tertiary/aromatic N) is 3. The Morgan fingerprint density at radius 1 is 1.00 bits per heavy atom. The minimum absolute atomic E-state index is 0.168. The second kappa shape index (κ2) is 5.93. The summed E-state index contributed by atoms with van der Waals surface area (Å²) in [5, 5.41) is 5.64. The van der Waals surface area contributed by atoms with Crippen LogP contribution in [0.1, 0.15) is 0 Å². The first kappa shape index (κ1) is 16.5. The van der Waals surface area contributed by atoms with E-state index in [0.717, 1.165) is 26.2 Å². The Bertz CT molecular complexity index is 1440. The van der Waals surface area contributed by atoms with Gasteiger partial charge in [0.2, 0.25) is 0 Å². The molecule has 5 aromatic rings. The van der Waals surface area contributed by atoms with Gasteiger partial charge in [0.25, 0.3) is 10.0 Å². The molecule has 3 N–H and O–H groups in total. The van der Waals surface area contributed by atoms with Crippen molar-refractivity contribution in [2.45, 2.75) is 4.90 Å². The monoisotopic (exact) mass is 389 g/mol. The van der Waals surface area contributed by atoms with E-state index < -0.39 is 10.0 Å². The van der Waals surface area contributed by atoms with Crippen molar-refractivity contribution < 1.29 is 8.42 Å². The number of benzene rings is 2. The molecule has 3 heterocycles. The quantitative estimate of drug-likeness (QED) is 0.460. The van der Waals surface area contributed by atoms with Crippen molar-refractivity contribution in [2.75, 3.05) is 5.73 Å². The summed E-state index contributed by atoms with van der Waals surface area (Å²) in [4.78, 5) is 7.54. The fourth-order valence-corrected chi connectivity index (χ4v) is 4.67. The second-order valence-electron chi connectivity index (χ2n) is 6.40. The van der Waals surface area contributed by atoms with E-state index in [4.69, 9.17) is 5.73 Å². The van der Waals surface area contributed by atoms with Crippen molar-refractivity contribution >= 4 is 37.6 Å². The van der Waals surface area contributed by atoms with Crippen LogP contribution in [0.4, 0.5) is 5.69 Å². The lowest BCUT2D eigenvalue weighted by Crippen LogP contribution is -2.14. The number of fused-ring (bicyclic) bond motifs is 2. The number of pyridine rings is 1. The normalized spacial score (nSPS) is 12.0. The number of rotatable bonds is 3. The Hall–Kier alpha value is -3.65. The van der Waals surface area contributed by atoms with Crippen LogP contribution in [0.5, 0.6) is 0 Å². The highest BCUT2D eigenvalue weighted by Crippen LogP contribution is 2.33. The molecule has 0 spiro atoms. The Labute approximate surface area is 160 Å². The van der Waals surface area contributed by atoms with E-state index in [-0.39, 0.29) is 4.90 Å². The number of hydrogen-bond donors (Lipinski definition) is 2. The molecule has 0 aliphatic carbocycles. The second-order valence-corrected chi connectivity index (χ2v) is 8.17. The van der Waals surface area contributed by atoms with Crippen molar-refractivity contribution in [3.63, 3.8) is 0 Å². The number of nitrogen functional groups attached to an aromatic ring is 1. The average Bonchev–Trinajstić information content (AvgIpc) is 3.35. The summed E-state index contributed by atoms with van der Waals surface area (Å²) >= 11 is 0. The number of nitrogens with two attached hydrogens (primary N) is 1. The van der Waals surface area contributed by atoms with Crippen LogP contribution in [0.15, 0.2) is 78.1 Å². The van der Waals surface area contributed by atoms with Crippen molar-refractivity contribution in [2.24, 2.45) is 0 Å². The first-order valence-corrected chi connectivity index (χ1v) is 10.00.